The molecule has 0 radical (unpaired) electrons. The number of halogens is 1. The van der Waals surface area contributed by atoms with Crippen molar-refractivity contribution in [3.63, 3.8) is 0 Å². The minimum absolute atomic E-state index is 0.0255. The van der Waals surface area contributed by atoms with Gasteiger partial charge in [-0.25, -0.2) is 0 Å². The highest BCUT2D eigenvalue weighted by Crippen LogP contribution is 2.03. The van der Waals surface area contributed by atoms with Crippen molar-refractivity contribution in [3.8, 4) is 0 Å². The van der Waals surface area contributed by atoms with Crippen LogP contribution in [-0.4, -0.2) is 29.4 Å². The summed E-state index contributed by atoms with van der Waals surface area (Å²) in [6.45, 7) is 0. The molecule has 0 rings (SSSR count). The lowest BCUT2D eigenvalue weighted by Gasteiger charge is -2.03. The molecule has 0 saturated heterocycles. The van der Waals surface area contributed by atoms with Crippen LogP contribution in [0.5, 0.6) is 0 Å². The van der Waals surface area contributed by atoms with Gasteiger partial charge in [-0.3, -0.25) is 4.55 Å². The average molecular weight is 189 g/mol. The minimum Gasteiger partial charge on any atom is -0.375 e. The lowest BCUT2D eigenvalue weighted by Crippen LogP contribution is -2.19. The molecule has 0 aliphatic heterocycles. The zero-order valence-corrected chi connectivity index (χ0v) is 6.77. The Hall–Kier alpha value is 0.160. The molecule has 0 unspecified atom stereocenters. The fourth-order valence-electron chi connectivity index (χ4n) is 0.401. The van der Waals surface area contributed by atoms with Crippen molar-refractivity contribution in [3.05, 3.63) is 0 Å². The van der Waals surface area contributed by atoms with Crippen LogP contribution in [0, 0.1) is 0 Å². The Morgan fingerprint density at radius 1 is 1.50 bits per heavy atom. The molecule has 4 nitrogen and oxygen atoms in total. The molecule has 62 valence electrons. The number of aliphatic hydroxyl groups is 1. The Balaban J connectivity index is 3.75. The smallest absolute Gasteiger partial charge is 0.291 e. The highest BCUT2D eigenvalue weighted by Gasteiger charge is 2.17. The molecule has 2 N–H and O–H groups in total. The van der Waals surface area contributed by atoms with Crippen LogP contribution in [0.2, 0.25) is 0 Å². The SMILES string of the molecule is O=S(=O)(O)[C@H](O)CCCCl. The number of rotatable bonds is 4. The summed E-state index contributed by atoms with van der Waals surface area (Å²) in [5.74, 6) is 0.270. The summed E-state index contributed by atoms with van der Waals surface area (Å²) < 4.78 is 28.4. The summed E-state index contributed by atoms with van der Waals surface area (Å²) >= 11 is 5.21. The van der Waals surface area contributed by atoms with E-state index in [0.29, 0.717) is 6.42 Å². The van der Waals surface area contributed by atoms with Crippen molar-refractivity contribution in [1.82, 2.24) is 0 Å². The second-order valence-electron chi connectivity index (χ2n) is 1.80. The predicted molar refractivity (Wildman–Crippen MR) is 37.5 cm³/mol. The van der Waals surface area contributed by atoms with Gasteiger partial charge in [-0.1, -0.05) is 0 Å². The first-order chi connectivity index (χ1) is 4.48. The first kappa shape index (κ1) is 10.2. The van der Waals surface area contributed by atoms with E-state index < -0.39 is 15.6 Å². The van der Waals surface area contributed by atoms with E-state index in [9.17, 15) is 8.42 Å². The minimum atomic E-state index is -4.28. The second-order valence-corrected chi connectivity index (χ2v) is 3.75. The van der Waals surface area contributed by atoms with Crippen molar-refractivity contribution in [2.24, 2.45) is 0 Å². The van der Waals surface area contributed by atoms with Crippen LogP contribution in [0.25, 0.3) is 0 Å². The Morgan fingerprint density at radius 2 is 2.00 bits per heavy atom. The Morgan fingerprint density at radius 3 is 2.30 bits per heavy atom. The predicted octanol–water partition coefficient (Wildman–Crippen LogP) is 0.212. The summed E-state index contributed by atoms with van der Waals surface area (Å²) in [4.78, 5) is 0. The fourth-order valence-corrected chi connectivity index (χ4v) is 1.02. The lowest BCUT2D eigenvalue weighted by atomic mass is 10.4. The summed E-state index contributed by atoms with van der Waals surface area (Å²) in [6, 6.07) is 0. The third-order valence-corrected chi connectivity index (χ3v) is 2.12. The van der Waals surface area contributed by atoms with E-state index >= 15 is 0 Å². The van der Waals surface area contributed by atoms with E-state index in [1.165, 1.54) is 0 Å². The second kappa shape index (κ2) is 4.12. The van der Waals surface area contributed by atoms with E-state index in [4.69, 9.17) is 21.3 Å². The lowest BCUT2D eigenvalue weighted by molar-refractivity contribution is 0.223. The van der Waals surface area contributed by atoms with Gasteiger partial charge in [-0.05, 0) is 12.8 Å². The Bertz CT molecular complexity index is 176. The summed E-state index contributed by atoms with van der Waals surface area (Å²) in [5.41, 5.74) is -1.69. The highest BCUT2D eigenvalue weighted by molar-refractivity contribution is 7.86. The molecule has 0 aliphatic rings. The normalized spacial score (nSPS) is 15.1. The molecule has 0 heterocycles. The van der Waals surface area contributed by atoms with Crippen LogP contribution in [0.1, 0.15) is 12.8 Å². The van der Waals surface area contributed by atoms with Gasteiger partial charge < -0.3 is 5.11 Å². The molecule has 0 spiro atoms. The number of hydrogen-bond donors (Lipinski definition) is 2. The third-order valence-electron chi connectivity index (χ3n) is 0.929. The molecule has 0 aromatic carbocycles. The van der Waals surface area contributed by atoms with Gasteiger partial charge in [0.05, 0.1) is 0 Å². The van der Waals surface area contributed by atoms with E-state index in [2.05, 4.69) is 0 Å². The first-order valence-corrected chi connectivity index (χ1v) is 4.72. The standard InChI is InChI=1S/C4H9ClO4S/c5-3-1-2-4(6)10(7,8)9/h4,6H,1-3H2,(H,7,8,9)/t4-/m0/s1. The zero-order valence-electron chi connectivity index (χ0n) is 5.20. The quantitative estimate of drug-likeness (QED) is 0.489. The van der Waals surface area contributed by atoms with Crippen molar-refractivity contribution < 1.29 is 18.1 Å². The molecule has 0 aromatic heterocycles. The highest BCUT2D eigenvalue weighted by atomic mass is 35.5. The molecule has 6 heteroatoms. The Labute approximate surface area is 64.6 Å². The van der Waals surface area contributed by atoms with Crippen LogP contribution in [-0.2, 0) is 10.1 Å². The molecule has 0 saturated carbocycles. The molecular weight excluding hydrogens is 180 g/mol. The van der Waals surface area contributed by atoms with Gasteiger partial charge in [0.25, 0.3) is 10.1 Å². The van der Waals surface area contributed by atoms with Crippen LogP contribution >= 0.6 is 11.6 Å². The van der Waals surface area contributed by atoms with E-state index in [1.54, 1.807) is 0 Å². The maximum atomic E-state index is 10.1. The van der Waals surface area contributed by atoms with Gasteiger partial charge in [-0.2, -0.15) is 8.42 Å². The van der Waals surface area contributed by atoms with Gasteiger partial charge in [0, 0.05) is 5.88 Å². The molecule has 0 amide bonds. The molecule has 0 aromatic rings. The van der Waals surface area contributed by atoms with E-state index in [1.807, 2.05) is 0 Å². The van der Waals surface area contributed by atoms with Crippen LogP contribution in [0.3, 0.4) is 0 Å². The monoisotopic (exact) mass is 188 g/mol. The van der Waals surface area contributed by atoms with Gasteiger partial charge >= 0.3 is 0 Å². The molecule has 0 aliphatic carbocycles. The number of aliphatic hydroxyl groups excluding tert-OH is 1. The molecule has 10 heavy (non-hydrogen) atoms. The topological polar surface area (TPSA) is 74.6 Å². The van der Waals surface area contributed by atoms with E-state index in [0.717, 1.165) is 0 Å². The number of alkyl halides is 1. The van der Waals surface area contributed by atoms with Gasteiger partial charge in [0.2, 0.25) is 0 Å². The van der Waals surface area contributed by atoms with Crippen molar-refractivity contribution in [2.75, 3.05) is 5.88 Å². The largest absolute Gasteiger partial charge is 0.375 e. The molecule has 0 bridgehead atoms. The van der Waals surface area contributed by atoms with Crippen molar-refractivity contribution in [2.45, 2.75) is 18.3 Å². The average Bonchev–Trinajstić information content (AvgIpc) is 1.80. The fraction of sp³-hybridized carbons (Fsp3) is 1.00. The van der Waals surface area contributed by atoms with Crippen molar-refractivity contribution in [1.29, 1.82) is 0 Å². The van der Waals surface area contributed by atoms with Crippen LogP contribution in [0.4, 0.5) is 0 Å². The van der Waals surface area contributed by atoms with Crippen LogP contribution < -0.4 is 0 Å². The Kier molecular flexibility index (Phi) is 4.19. The van der Waals surface area contributed by atoms with Gasteiger partial charge in [0.1, 0.15) is 0 Å². The maximum Gasteiger partial charge on any atom is 0.291 e. The summed E-state index contributed by atoms with van der Waals surface area (Å²) in [7, 11) is -4.28. The van der Waals surface area contributed by atoms with E-state index in [-0.39, 0.29) is 12.3 Å². The first-order valence-electron chi connectivity index (χ1n) is 2.69. The third kappa shape index (κ3) is 4.05. The molecule has 0 fully saturated rings. The molecular formula is C4H9ClO4S. The maximum absolute atomic E-state index is 10.1. The molecule has 1 atom stereocenters. The summed E-state index contributed by atoms with van der Waals surface area (Å²) in [5, 5.41) is 8.62. The van der Waals surface area contributed by atoms with Crippen LogP contribution in [0.15, 0.2) is 0 Å². The summed E-state index contributed by atoms with van der Waals surface area (Å²) in [6.07, 6.45) is 0.338. The van der Waals surface area contributed by atoms with Gasteiger partial charge in [0.15, 0.2) is 5.44 Å². The number of hydrogen-bond acceptors (Lipinski definition) is 3. The zero-order chi connectivity index (χ0) is 8.20. The van der Waals surface area contributed by atoms with Gasteiger partial charge in [-0.15, -0.1) is 11.6 Å². The van der Waals surface area contributed by atoms with Crippen molar-refractivity contribution >= 4 is 21.7 Å².